The summed E-state index contributed by atoms with van der Waals surface area (Å²) in [5.41, 5.74) is 14.0. The maximum Gasteiger partial charge on any atom is 0.388 e. The average molecular weight is 1460 g/mol. The lowest BCUT2D eigenvalue weighted by Crippen LogP contribution is -2.46. The molecule has 3 heterocycles. The summed E-state index contributed by atoms with van der Waals surface area (Å²) in [4.78, 5) is 6.65. The molecule has 1 saturated heterocycles. The maximum atomic E-state index is 15.7. The first-order valence-electron chi connectivity index (χ1n) is 37.3. The largest absolute Gasteiger partial charge is 0.388 e. The summed E-state index contributed by atoms with van der Waals surface area (Å²) < 4.78 is 98.9. The highest BCUT2D eigenvalue weighted by molar-refractivity contribution is 6.02. The molecular weight excluding hydrogens is 1380 g/mol. The van der Waals surface area contributed by atoms with Crippen LogP contribution in [0.5, 0.6) is 0 Å². The molecule has 15 aromatic rings. The molecule has 0 spiro atoms. The van der Waals surface area contributed by atoms with Crippen molar-refractivity contribution in [1.29, 1.82) is 0 Å². The normalized spacial score (nSPS) is 18.1. The van der Waals surface area contributed by atoms with Gasteiger partial charge in [-0.1, -0.05) is 218 Å². The van der Waals surface area contributed by atoms with Crippen LogP contribution in [0.1, 0.15) is 87.8 Å². The summed E-state index contributed by atoms with van der Waals surface area (Å²) in [5, 5.41) is 6.56. The van der Waals surface area contributed by atoms with Crippen molar-refractivity contribution in [3.8, 4) is 33.4 Å². The molecule has 3 aliphatic heterocycles. The van der Waals surface area contributed by atoms with Gasteiger partial charge in [-0.25, -0.2) is 13.5 Å². The van der Waals surface area contributed by atoms with Gasteiger partial charge in [-0.05, 0) is 253 Å². The van der Waals surface area contributed by atoms with E-state index in [2.05, 4.69) is 192 Å². The highest BCUT2D eigenvalue weighted by Crippen LogP contribution is 2.62. The van der Waals surface area contributed by atoms with Crippen LogP contribution in [0.15, 0.2) is 346 Å². The Morgan fingerprint density at radius 2 is 0.491 bits per heavy atom. The van der Waals surface area contributed by atoms with Gasteiger partial charge in [0.1, 0.15) is 0 Å². The molecule has 0 radical (unpaired) electrons. The number of para-hydroxylation sites is 6. The smallest absolute Gasteiger partial charge is 0.360 e. The van der Waals surface area contributed by atoms with Gasteiger partial charge in [0.25, 0.3) is 5.92 Å². The lowest BCUT2D eigenvalue weighted by Gasteiger charge is -2.35. The van der Waals surface area contributed by atoms with Gasteiger partial charge in [-0.15, -0.1) is 0 Å². The highest BCUT2D eigenvalue weighted by Gasteiger charge is 2.65. The zero-order valence-electron chi connectivity index (χ0n) is 61.7. The predicted molar refractivity (Wildman–Crippen MR) is 437 cm³/mol. The van der Waals surface area contributed by atoms with E-state index >= 15 is 8.78 Å². The highest BCUT2D eigenvalue weighted by atomic mass is 19.3. The molecule has 1 aliphatic carbocycles. The first-order valence-corrected chi connectivity index (χ1v) is 37.3. The molecule has 0 amide bonds. The predicted octanol–water partition coefficient (Wildman–Crippen LogP) is 28.5. The Hall–Kier alpha value is -12.0. The monoisotopic (exact) mass is 1460 g/mol. The van der Waals surface area contributed by atoms with E-state index in [-0.39, 0.29) is 11.2 Å². The molecule has 19 rings (SSSR count). The van der Waals surface area contributed by atoms with Gasteiger partial charge < -0.3 is 19.4 Å². The van der Waals surface area contributed by atoms with Crippen LogP contribution in [-0.2, 0) is 43.7 Å². The van der Waals surface area contributed by atoms with Gasteiger partial charge in [0.05, 0.1) is 50.2 Å². The van der Waals surface area contributed by atoms with Crippen LogP contribution in [0.4, 0.5) is 77.5 Å². The zero-order chi connectivity index (χ0) is 76.0. The molecule has 1 fully saturated rings. The van der Waals surface area contributed by atoms with Gasteiger partial charge in [0.15, 0.2) is 0 Å². The molecule has 0 aromatic heterocycles. The van der Waals surface area contributed by atoms with Crippen LogP contribution in [-0.4, -0.2) is 5.92 Å². The van der Waals surface area contributed by atoms with E-state index in [1.807, 2.05) is 169 Å². The number of rotatable bonds is 12. The summed E-state index contributed by atoms with van der Waals surface area (Å²) in [6.45, 7) is 11.2. The van der Waals surface area contributed by atoms with Crippen molar-refractivity contribution in [3.63, 3.8) is 0 Å². The molecule has 11 heteroatoms. The number of halogens is 6. The Morgan fingerprint density at radius 1 is 0.236 bits per heavy atom. The average Bonchev–Trinajstić information content (AvgIpc) is 1.54. The van der Waals surface area contributed by atoms with Gasteiger partial charge in [-0.3, -0.25) is 0 Å². The lowest BCUT2D eigenvalue weighted by molar-refractivity contribution is -0.369. The number of ether oxygens (including phenoxy) is 2. The first kappa shape index (κ1) is 70.9. The molecule has 544 valence electrons. The van der Waals surface area contributed by atoms with Crippen molar-refractivity contribution in [1.82, 2.24) is 0 Å². The summed E-state index contributed by atoms with van der Waals surface area (Å²) >= 11 is 0. The molecule has 2 atom stereocenters. The minimum atomic E-state index is -4.09. The minimum Gasteiger partial charge on any atom is -0.360 e. The molecule has 15 aromatic carbocycles. The topological polar surface area (TPSA) is 28.2 Å². The first-order chi connectivity index (χ1) is 53.0. The lowest BCUT2D eigenvalue weighted by atomic mass is 9.77. The number of hydrogen-bond donors (Lipinski definition) is 0. The summed E-state index contributed by atoms with van der Waals surface area (Å²) in [6.07, 6.45) is -5.98. The molecule has 5 nitrogen and oxygen atoms in total. The van der Waals surface area contributed by atoms with E-state index < -0.39 is 40.1 Å². The van der Waals surface area contributed by atoms with Crippen LogP contribution in [0.3, 0.4) is 0 Å². The Bertz CT molecular complexity index is 5640. The van der Waals surface area contributed by atoms with E-state index in [1.54, 1.807) is 27.7 Å². The fourth-order valence-electron chi connectivity index (χ4n) is 17.1. The fraction of sp³-hybridized carbons (Fsp3) is 0.152. The minimum absolute atomic E-state index is 0.158. The fourth-order valence-corrected chi connectivity index (χ4v) is 17.1. The van der Waals surface area contributed by atoms with Gasteiger partial charge in [-0.2, -0.15) is 17.6 Å². The molecule has 0 N–H and O–H groups in total. The third kappa shape index (κ3) is 12.3. The second-order valence-corrected chi connectivity index (χ2v) is 30.5. The number of fused-ring (bicyclic) bond motifs is 10. The Kier molecular flexibility index (Phi) is 17.6. The van der Waals surface area contributed by atoms with Crippen molar-refractivity contribution in [2.45, 2.75) is 94.6 Å². The molecule has 2 bridgehead atoms. The van der Waals surface area contributed by atoms with Crippen molar-refractivity contribution in [2.24, 2.45) is 0 Å². The number of anilines is 9. The number of benzene rings is 15. The Morgan fingerprint density at radius 3 is 0.827 bits per heavy atom. The molecule has 2 unspecified atom stereocenters. The van der Waals surface area contributed by atoms with Crippen LogP contribution < -0.4 is 14.7 Å². The van der Waals surface area contributed by atoms with Crippen LogP contribution in [0.2, 0.25) is 0 Å². The molecular formula is C99H79F6N3O2. The van der Waals surface area contributed by atoms with Crippen LogP contribution in [0.25, 0.3) is 65.7 Å². The third-order valence-electron chi connectivity index (χ3n) is 22.9. The Labute approximate surface area is 637 Å². The van der Waals surface area contributed by atoms with Gasteiger partial charge >= 0.3 is 12.2 Å². The van der Waals surface area contributed by atoms with E-state index in [0.29, 0.717) is 11.1 Å². The van der Waals surface area contributed by atoms with Crippen LogP contribution in [0, 0.1) is 0 Å². The zero-order valence-corrected chi connectivity index (χ0v) is 61.7. The SMILES string of the molecule is CC1(C)c2ccc(-c3cc4ccccc4cc3N(c3ccccc3)c3ccccc3)cc2C(C)(C)C1(F)F.CC12CCC(C)(O1)c1cc(-c3cc4ccccc4cc3N(c3ccccc3)c3ccccc3)ccc12.FC1(F)OC(F)(F)c2cc(-c3cc4ccccc4cc3N(c3ccccc3)c3ccccc3)ccc21. The van der Waals surface area contributed by atoms with Crippen LogP contribution >= 0.6 is 0 Å². The molecule has 4 aliphatic rings. The standard InChI is InChI=1S/C35H31F2N.C34H29NO.C30H19F4NO/c1-33(2)30-20-19-26(22-31(30)34(3,4)35(33,36)37)29-21-24-13-11-12-14-25(24)23-32(29)38(27-15-7-5-8-16-27)28-17-9-6-10-18-28;1-33-19-20-34(2,36-33)31-22-26(17-18-30(31)33)29-21-24-11-9-10-12-25(24)23-32(29)35(27-13-5-3-6-14-27)28-15-7-4-8-16-28;31-29(32)26-16-15-22(18-27(26)30(33,34)36-29)25-17-20-9-7-8-10-21(20)19-28(25)35(23-11-3-1-4-12-23)24-13-5-2-6-14-24/h5-23H,1-4H3;3-18,21-23H,19-20H2,1-2H3;1-19H. The van der Waals surface area contributed by atoms with Crippen molar-refractivity contribution in [2.75, 3.05) is 14.7 Å². The molecule has 110 heavy (non-hydrogen) atoms. The quantitative estimate of drug-likeness (QED) is 0.114. The van der Waals surface area contributed by atoms with Crippen molar-refractivity contribution >= 4 is 83.5 Å². The van der Waals surface area contributed by atoms with Crippen molar-refractivity contribution in [3.05, 3.63) is 379 Å². The third-order valence-corrected chi connectivity index (χ3v) is 22.9. The second kappa shape index (κ2) is 27.3. The number of hydrogen-bond acceptors (Lipinski definition) is 5. The maximum absolute atomic E-state index is 15.7. The van der Waals surface area contributed by atoms with Gasteiger partial charge in [0, 0.05) is 50.8 Å². The second-order valence-electron chi connectivity index (χ2n) is 30.5. The van der Waals surface area contributed by atoms with Crippen molar-refractivity contribution < 1.29 is 35.8 Å². The van der Waals surface area contributed by atoms with E-state index in [9.17, 15) is 17.6 Å². The summed E-state index contributed by atoms with van der Waals surface area (Å²) in [6, 6.07) is 115. The Balaban J connectivity index is 0.000000120. The van der Waals surface area contributed by atoms with E-state index in [4.69, 9.17) is 4.74 Å². The number of nitrogens with zero attached hydrogens (tertiary/aromatic N) is 3. The van der Waals surface area contributed by atoms with E-state index in [0.717, 1.165) is 114 Å². The molecule has 0 saturated carbocycles. The number of alkyl halides is 6. The van der Waals surface area contributed by atoms with E-state index in [1.165, 1.54) is 44.8 Å². The van der Waals surface area contributed by atoms with Gasteiger partial charge in [0.2, 0.25) is 0 Å². The summed E-state index contributed by atoms with van der Waals surface area (Å²) in [7, 11) is 0. The summed E-state index contributed by atoms with van der Waals surface area (Å²) in [5.74, 6) is -2.87.